The topological polar surface area (TPSA) is 86.3 Å². The van der Waals surface area contributed by atoms with Gasteiger partial charge in [-0.3, -0.25) is 0 Å². The molecular weight excluding hydrogens is 388 g/mol. The summed E-state index contributed by atoms with van der Waals surface area (Å²) in [6.45, 7) is 3.82. The minimum atomic E-state index is 0.533. The van der Waals surface area contributed by atoms with E-state index in [4.69, 9.17) is 0 Å². The molecule has 0 aliphatic heterocycles. The fourth-order valence-electron chi connectivity index (χ4n) is 3.40. The van der Waals surface area contributed by atoms with Crippen LogP contribution in [0.4, 0.5) is 11.6 Å². The van der Waals surface area contributed by atoms with E-state index in [-0.39, 0.29) is 0 Å². The normalized spacial score (nSPS) is 10.9. The highest BCUT2D eigenvalue weighted by Gasteiger charge is 2.07. The number of benzene rings is 2. The van der Waals surface area contributed by atoms with Crippen LogP contribution in [0.2, 0.25) is 0 Å². The van der Waals surface area contributed by atoms with Crippen molar-refractivity contribution in [3.8, 4) is 22.6 Å². The maximum absolute atomic E-state index is 4.68. The Balaban J connectivity index is 1.37. The van der Waals surface area contributed by atoms with Crippen molar-refractivity contribution in [2.24, 2.45) is 0 Å². The van der Waals surface area contributed by atoms with Crippen LogP contribution in [0.5, 0.6) is 0 Å². The number of anilines is 2. The molecule has 0 saturated carbocycles. The van der Waals surface area contributed by atoms with Gasteiger partial charge in [-0.05, 0) is 56.3 Å². The Morgan fingerprint density at radius 2 is 1.74 bits per heavy atom. The van der Waals surface area contributed by atoms with Gasteiger partial charge in [-0.25, -0.2) is 24.6 Å². The van der Waals surface area contributed by atoms with Crippen LogP contribution < -0.4 is 5.32 Å². The summed E-state index contributed by atoms with van der Waals surface area (Å²) in [5.41, 5.74) is 4.71. The van der Waals surface area contributed by atoms with E-state index in [0.717, 1.165) is 40.0 Å². The van der Waals surface area contributed by atoms with Crippen LogP contribution in [0.1, 0.15) is 11.6 Å². The zero-order valence-electron chi connectivity index (χ0n) is 17.1. The van der Waals surface area contributed by atoms with Crippen molar-refractivity contribution in [1.82, 2.24) is 34.3 Å². The van der Waals surface area contributed by atoms with Crippen molar-refractivity contribution in [1.29, 1.82) is 0 Å². The molecule has 8 nitrogen and oxygen atoms in total. The highest BCUT2D eigenvalue weighted by atomic mass is 15.3. The second kappa shape index (κ2) is 7.83. The molecule has 1 N–H and O–H groups in total. The summed E-state index contributed by atoms with van der Waals surface area (Å²) in [5, 5.41) is 7.69. The molecule has 0 aliphatic rings. The molecule has 31 heavy (non-hydrogen) atoms. The van der Waals surface area contributed by atoms with E-state index in [0.29, 0.717) is 5.95 Å². The summed E-state index contributed by atoms with van der Waals surface area (Å²) in [4.78, 5) is 17.5. The van der Waals surface area contributed by atoms with Crippen molar-refractivity contribution in [2.45, 2.75) is 13.8 Å². The summed E-state index contributed by atoms with van der Waals surface area (Å²) < 4.78 is 3.78. The second-order valence-corrected chi connectivity index (χ2v) is 7.08. The third-order valence-corrected chi connectivity index (χ3v) is 4.84. The van der Waals surface area contributed by atoms with Gasteiger partial charge >= 0.3 is 0 Å². The van der Waals surface area contributed by atoms with Gasteiger partial charge in [0.25, 0.3) is 0 Å². The van der Waals surface area contributed by atoms with E-state index < -0.39 is 0 Å². The van der Waals surface area contributed by atoms with E-state index in [2.05, 4.69) is 36.4 Å². The van der Waals surface area contributed by atoms with Gasteiger partial charge in [0.2, 0.25) is 5.95 Å². The average molecular weight is 408 g/mol. The molecule has 5 aromatic rings. The van der Waals surface area contributed by atoms with E-state index in [1.165, 1.54) is 0 Å². The molecule has 3 aromatic heterocycles. The minimum Gasteiger partial charge on any atom is -0.324 e. The Morgan fingerprint density at radius 3 is 2.48 bits per heavy atom. The first-order valence-electron chi connectivity index (χ1n) is 9.85. The van der Waals surface area contributed by atoms with E-state index in [1.54, 1.807) is 18.7 Å². The molecule has 2 aromatic carbocycles. The Bertz CT molecular complexity index is 1320. The molecule has 0 saturated heterocycles. The monoisotopic (exact) mass is 408 g/mol. The quantitative estimate of drug-likeness (QED) is 0.467. The van der Waals surface area contributed by atoms with Gasteiger partial charge in [0.15, 0.2) is 0 Å². The lowest BCUT2D eigenvalue weighted by atomic mass is 10.1. The van der Waals surface area contributed by atoms with Gasteiger partial charge < -0.3 is 9.88 Å². The lowest BCUT2D eigenvalue weighted by molar-refractivity contribution is 0.831. The van der Waals surface area contributed by atoms with Gasteiger partial charge in [0, 0.05) is 35.5 Å². The first-order chi connectivity index (χ1) is 15.2. The van der Waals surface area contributed by atoms with Crippen LogP contribution in [0.25, 0.3) is 22.6 Å². The molecule has 5 rings (SSSR count). The van der Waals surface area contributed by atoms with Crippen LogP contribution in [0, 0.1) is 13.8 Å². The highest BCUT2D eigenvalue weighted by Crippen LogP contribution is 2.22. The smallest absolute Gasteiger partial charge is 0.227 e. The molecule has 0 bridgehead atoms. The van der Waals surface area contributed by atoms with Crippen LogP contribution in [-0.2, 0) is 0 Å². The zero-order chi connectivity index (χ0) is 21.2. The molecule has 0 radical (unpaired) electrons. The summed E-state index contributed by atoms with van der Waals surface area (Å²) in [6.07, 6.45) is 7.20. The zero-order valence-corrected chi connectivity index (χ0v) is 17.1. The number of imidazole rings is 1. The fraction of sp³-hybridized carbons (Fsp3) is 0.0870. The average Bonchev–Trinajstić information content (AvgIpc) is 3.44. The maximum atomic E-state index is 4.68. The number of rotatable bonds is 5. The fourth-order valence-corrected chi connectivity index (χ4v) is 3.40. The molecule has 3 heterocycles. The third-order valence-electron chi connectivity index (χ3n) is 4.84. The van der Waals surface area contributed by atoms with Gasteiger partial charge in [-0.15, -0.1) is 0 Å². The van der Waals surface area contributed by atoms with Crippen LogP contribution in [0.3, 0.4) is 0 Å². The van der Waals surface area contributed by atoms with Gasteiger partial charge in [-0.2, -0.15) is 5.10 Å². The van der Waals surface area contributed by atoms with Gasteiger partial charge in [0.05, 0.1) is 17.7 Å². The second-order valence-electron chi connectivity index (χ2n) is 7.08. The minimum absolute atomic E-state index is 0.533. The van der Waals surface area contributed by atoms with Gasteiger partial charge in [0.1, 0.15) is 11.6 Å². The van der Waals surface area contributed by atoms with E-state index >= 15 is 0 Å². The Hall–Kier alpha value is -4.33. The molecule has 0 spiro atoms. The van der Waals surface area contributed by atoms with Crippen LogP contribution in [0.15, 0.2) is 79.5 Å². The molecule has 152 valence electrons. The predicted molar refractivity (Wildman–Crippen MR) is 119 cm³/mol. The number of nitrogens with one attached hydrogen (secondary N) is 1. The number of nitrogens with zero attached hydrogens (tertiary/aromatic N) is 7. The van der Waals surface area contributed by atoms with Crippen molar-refractivity contribution in [3.05, 3.63) is 91.2 Å². The van der Waals surface area contributed by atoms with Gasteiger partial charge in [-0.1, -0.05) is 12.1 Å². The lowest BCUT2D eigenvalue weighted by Gasteiger charge is -2.09. The number of aromatic nitrogens is 7. The summed E-state index contributed by atoms with van der Waals surface area (Å²) >= 11 is 0. The van der Waals surface area contributed by atoms with Crippen LogP contribution >= 0.6 is 0 Å². The number of hydrogen-bond acceptors (Lipinski definition) is 6. The Labute approximate surface area is 179 Å². The Kier molecular flexibility index (Phi) is 4.72. The SMILES string of the molecule is Cc1nc(C)n(-c2ccc(Nc3nccc(-c4cccc(-n5ccnc5)c4)n3)cc2)n1. The highest BCUT2D eigenvalue weighted by molar-refractivity contribution is 5.64. The van der Waals surface area contributed by atoms with Crippen molar-refractivity contribution >= 4 is 11.6 Å². The van der Waals surface area contributed by atoms with E-state index in [1.807, 2.05) is 77.8 Å². The molecule has 0 aliphatic carbocycles. The van der Waals surface area contributed by atoms with Crippen molar-refractivity contribution in [3.63, 3.8) is 0 Å². The summed E-state index contributed by atoms with van der Waals surface area (Å²) in [6, 6.07) is 18.0. The third kappa shape index (κ3) is 3.91. The maximum Gasteiger partial charge on any atom is 0.227 e. The molecular formula is C23H20N8. The summed E-state index contributed by atoms with van der Waals surface area (Å²) in [5.74, 6) is 2.14. The number of hydrogen-bond donors (Lipinski definition) is 1. The number of aryl methyl sites for hydroxylation is 2. The van der Waals surface area contributed by atoms with Crippen molar-refractivity contribution < 1.29 is 0 Å². The first kappa shape index (κ1) is 18.7. The molecule has 0 unspecified atom stereocenters. The first-order valence-corrected chi connectivity index (χ1v) is 9.85. The molecule has 8 heteroatoms. The van der Waals surface area contributed by atoms with Crippen LogP contribution in [-0.4, -0.2) is 34.3 Å². The largest absolute Gasteiger partial charge is 0.324 e. The molecule has 0 atom stereocenters. The van der Waals surface area contributed by atoms with E-state index in [9.17, 15) is 0 Å². The predicted octanol–water partition coefficient (Wildman–Crippen LogP) is 4.27. The lowest BCUT2D eigenvalue weighted by Crippen LogP contribution is -2.01. The molecule has 0 fully saturated rings. The van der Waals surface area contributed by atoms with Crippen molar-refractivity contribution in [2.75, 3.05) is 5.32 Å². The summed E-state index contributed by atoms with van der Waals surface area (Å²) in [7, 11) is 0. The standard InChI is InChI=1S/C23H20N8/c1-16-26-17(2)31(29-16)20-8-6-19(7-9-20)27-23-25-11-10-22(28-23)18-4-3-5-21(14-18)30-13-12-24-15-30/h3-15H,1-2H3,(H,25,27,28). The Morgan fingerprint density at radius 1 is 0.871 bits per heavy atom. The molecule has 0 amide bonds.